The maximum atomic E-state index is 12.4. The van der Waals surface area contributed by atoms with Crippen LogP contribution >= 0.6 is 11.6 Å². The van der Waals surface area contributed by atoms with Gasteiger partial charge in [-0.3, -0.25) is 10.1 Å². The van der Waals surface area contributed by atoms with E-state index in [2.05, 4.69) is 15.3 Å². The van der Waals surface area contributed by atoms with Gasteiger partial charge in [0, 0.05) is 12.2 Å². The minimum atomic E-state index is -0.474. The van der Waals surface area contributed by atoms with Crippen molar-refractivity contribution in [3.05, 3.63) is 16.9 Å². The van der Waals surface area contributed by atoms with Crippen molar-refractivity contribution in [3.63, 3.8) is 0 Å². The minimum absolute atomic E-state index is 0.0867. The predicted molar refractivity (Wildman–Crippen MR) is 75.0 cm³/mol. The molecule has 1 heterocycles. The van der Waals surface area contributed by atoms with E-state index in [0.29, 0.717) is 11.7 Å². The average molecular weight is 283 g/mol. The summed E-state index contributed by atoms with van der Waals surface area (Å²) >= 11 is 5.86. The first-order chi connectivity index (χ1) is 9.05. The molecule has 19 heavy (non-hydrogen) atoms. The number of carbonyl (C=O) groups excluding carboxylic acids is 1. The van der Waals surface area contributed by atoms with Crippen molar-refractivity contribution in [2.45, 2.75) is 39.0 Å². The lowest BCUT2D eigenvalue weighted by Gasteiger charge is -2.34. The van der Waals surface area contributed by atoms with Gasteiger partial charge in [0.1, 0.15) is 5.15 Å². The summed E-state index contributed by atoms with van der Waals surface area (Å²) in [6.07, 6.45) is 4.91. The number of hydrogen-bond acceptors (Lipinski definition) is 4. The zero-order valence-electron chi connectivity index (χ0n) is 11.1. The first-order valence-corrected chi connectivity index (χ1v) is 6.96. The van der Waals surface area contributed by atoms with Crippen LogP contribution in [0, 0.1) is 12.3 Å². The van der Waals surface area contributed by atoms with Crippen molar-refractivity contribution in [1.82, 2.24) is 9.97 Å². The molecule has 0 unspecified atom stereocenters. The van der Waals surface area contributed by atoms with E-state index in [-0.39, 0.29) is 11.9 Å². The molecule has 2 rings (SSSR count). The molecule has 0 radical (unpaired) electrons. The van der Waals surface area contributed by atoms with Gasteiger partial charge in [0.2, 0.25) is 11.9 Å². The average Bonchev–Trinajstić information content (AvgIpc) is 2.38. The maximum absolute atomic E-state index is 12.4. The fraction of sp³-hybridized carbons (Fsp3) is 0.615. The Bertz CT molecular complexity index is 451. The molecular weight excluding hydrogens is 264 g/mol. The Balaban J connectivity index is 2.14. The first kappa shape index (κ1) is 14.2. The summed E-state index contributed by atoms with van der Waals surface area (Å²) in [6, 6.07) is 1.65. The lowest BCUT2D eigenvalue weighted by atomic mass is 9.73. The molecule has 0 aromatic carbocycles. The molecule has 0 aliphatic heterocycles. The van der Waals surface area contributed by atoms with Crippen LogP contribution in [0.4, 0.5) is 5.95 Å². The van der Waals surface area contributed by atoms with Crippen molar-refractivity contribution in [2.75, 3.05) is 11.9 Å². The molecule has 1 aromatic rings. The van der Waals surface area contributed by atoms with Gasteiger partial charge in [-0.2, -0.15) is 0 Å². The maximum Gasteiger partial charge on any atom is 0.234 e. The van der Waals surface area contributed by atoms with Crippen LogP contribution in [0.5, 0.6) is 0 Å². The smallest absolute Gasteiger partial charge is 0.234 e. The second-order valence-electron chi connectivity index (χ2n) is 5.15. The van der Waals surface area contributed by atoms with E-state index in [4.69, 9.17) is 17.3 Å². The van der Waals surface area contributed by atoms with E-state index >= 15 is 0 Å². The zero-order chi connectivity index (χ0) is 13.9. The van der Waals surface area contributed by atoms with E-state index < -0.39 is 5.41 Å². The number of nitrogens with zero attached hydrogens (tertiary/aromatic N) is 2. The highest BCUT2D eigenvalue weighted by Gasteiger charge is 2.38. The highest BCUT2D eigenvalue weighted by atomic mass is 35.5. The van der Waals surface area contributed by atoms with Crippen LogP contribution in [0.1, 0.15) is 37.8 Å². The van der Waals surface area contributed by atoms with Gasteiger partial charge in [-0.1, -0.05) is 30.9 Å². The van der Waals surface area contributed by atoms with Crippen molar-refractivity contribution in [1.29, 1.82) is 0 Å². The minimum Gasteiger partial charge on any atom is -0.329 e. The molecular formula is C13H19ClN4O. The molecule has 1 fully saturated rings. The van der Waals surface area contributed by atoms with Gasteiger partial charge in [-0.05, 0) is 25.8 Å². The number of hydrogen-bond donors (Lipinski definition) is 2. The fourth-order valence-electron chi connectivity index (χ4n) is 2.57. The third-order valence-corrected chi connectivity index (χ3v) is 3.92. The summed E-state index contributed by atoms with van der Waals surface area (Å²) in [4.78, 5) is 20.6. The Hall–Kier alpha value is -1.20. The number of rotatable bonds is 3. The number of carbonyl (C=O) groups is 1. The second kappa shape index (κ2) is 5.84. The van der Waals surface area contributed by atoms with Gasteiger partial charge in [0.15, 0.2) is 0 Å². The summed E-state index contributed by atoms with van der Waals surface area (Å²) in [6.45, 7) is 2.17. The predicted octanol–water partition coefficient (Wildman–Crippen LogP) is 2.29. The van der Waals surface area contributed by atoms with Crippen LogP contribution < -0.4 is 11.1 Å². The lowest BCUT2D eigenvalue weighted by molar-refractivity contribution is -0.126. The summed E-state index contributed by atoms with van der Waals surface area (Å²) in [7, 11) is 0. The Morgan fingerprint density at radius 1 is 1.42 bits per heavy atom. The lowest BCUT2D eigenvalue weighted by Crippen LogP contribution is -2.44. The third kappa shape index (κ3) is 3.22. The number of nitrogens with one attached hydrogen (secondary N) is 1. The molecule has 0 spiro atoms. The van der Waals surface area contributed by atoms with Gasteiger partial charge in [0.25, 0.3) is 0 Å². The van der Waals surface area contributed by atoms with Crippen LogP contribution in [0.3, 0.4) is 0 Å². The van der Waals surface area contributed by atoms with Crippen LogP contribution in [0.15, 0.2) is 6.07 Å². The van der Waals surface area contributed by atoms with Crippen molar-refractivity contribution in [3.8, 4) is 0 Å². The summed E-state index contributed by atoms with van der Waals surface area (Å²) in [5, 5.41) is 3.09. The largest absolute Gasteiger partial charge is 0.329 e. The molecule has 1 aliphatic carbocycles. The van der Waals surface area contributed by atoms with Crippen molar-refractivity contribution in [2.24, 2.45) is 11.1 Å². The number of anilines is 1. The van der Waals surface area contributed by atoms with Crippen LogP contribution in [0.25, 0.3) is 0 Å². The molecule has 0 atom stereocenters. The van der Waals surface area contributed by atoms with Crippen LogP contribution in [0.2, 0.25) is 5.15 Å². The highest BCUT2D eigenvalue weighted by molar-refractivity contribution is 6.29. The molecule has 5 nitrogen and oxygen atoms in total. The summed E-state index contributed by atoms with van der Waals surface area (Å²) < 4.78 is 0. The molecule has 3 N–H and O–H groups in total. The third-order valence-electron chi connectivity index (χ3n) is 3.73. The first-order valence-electron chi connectivity index (χ1n) is 6.58. The Morgan fingerprint density at radius 3 is 2.68 bits per heavy atom. The van der Waals surface area contributed by atoms with E-state index in [0.717, 1.165) is 31.4 Å². The van der Waals surface area contributed by atoms with Gasteiger partial charge in [-0.25, -0.2) is 9.97 Å². The Labute approximate surface area is 118 Å². The van der Waals surface area contributed by atoms with Gasteiger partial charge in [0.05, 0.1) is 5.41 Å². The van der Waals surface area contributed by atoms with Gasteiger partial charge in [-0.15, -0.1) is 0 Å². The highest BCUT2D eigenvalue weighted by Crippen LogP contribution is 2.36. The van der Waals surface area contributed by atoms with Crippen molar-refractivity contribution < 1.29 is 4.79 Å². The topological polar surface area (TPSA) is 80.9 Å². The molecule has 1 saturated carbocycles. The molecule has 104 valence electrons. The Morgan fingerprint density at radius 2 is 2.11 bits per heavy atom. The zero-order valence-corrected chi connectivity index (χ0v) is 11.8. The normalized spacial score (nSPS) is 18.1. The number of halogens is 1. The molecule has 1 aromatic heterocycles. The van der Waals surface area contributed by atoms with E-state index in [9.17, 15) is 4.79 Å². The van der Waals surface area contributed by atoms with Gasteiger partial charge >= 0.3 is 0 Å². The van der Waals surface area contributed by atoms with E-state index in [1.165, 1.54) is 6.42 Å². The summed E-state index contributed by atoms with van der Waals surface area (Å²) in [5.41, 5.74) is 6.07. The monoisotopic (exact) mass is 282 g/mol. The van der Waals surface area contributed by atoms with Gasteiger partial charge < -0.3 is 5.73 Å². The standard InChI is InChI=1S/C13H19ClN4O/c1-9-7-10(14)17-12(16-9)18-11(19)13(8-15)5-3-2-4-6-13/h7H,2-6,8,15H2,1H3,(H,16,17,18,19). The second-order valence-corrected chi connectivity index (χ2v) is 5.54. The molecule has 0 saturated heterocycles. The van der Waals surface area contributed by atoms with E-state index in [1.54, 1.807) is 6.07 Å². The number of aryl methyl sites for hydroxylation is 1. The Kier molecular flexibility index (Phi) is 4.37. The SMILES string of the molecule is Cc1cc(Cl)nc(NC(=O)C2(CN)CCCCC2)n1. The number of nitrogens with two attached hydrogens (primary N) is 1. The summed E-state index contributed by atoms with van der Waals surface area (Å²) in [5.74, 6) is 0.171. The molecule has 0 bridgehead atoms. The number of aromatic nitrogens is 2. The quantitative estimate of drug-likeness (QED) is 0.834. The van der Waals surface area contributed by atoms with E-state index in [1.807, 2.05) is 6.92 Å². The molecule has 6 heteroatoms. The fourth-order valence-corrected chi connectivity index (χ4v) is 2.81. The van der Waals surface area contributed by atoms with Crippen molar-refractivity contribution >= 4 is 23.5 Å². The molecule has 1 aliphatic rings. The van der Waals surface area contributed by atoms with Crippen LogP contribution in [-0.4, -0.2) is 22.4 Å². The molecule has 1 amide bonds. The van der Waals surface area contributed by atoms with Crippen LogP contribution in [-0.2, 0) is 4.79 Å². The number of amides is 1.